The van der Waals surface area contributed by atoms with Gasteiger partial charge >= 0.3 is 0 Å². The van der Waals surface area contributed by atoms with Crippen molar-refractivity contribution >= 4 is 5.91 Å². The van der Waals surface area contributed by atoms with Crippen LogP contribution >= 0.6 is 0 Å². The smallest absolute Gasteiger partial charge is 0.270 e. The molecule has 0 unspecified atom stereocenters. The summed E-state index contributed by atoms with van der Waals surface area (Å²) in [5.41, 5.74) is 2.29. The van der Waals surface area contributed by atoms with Gasteiger partial charge in [-0.05, 0) is 43.2 Å². The number of benzene rings is 2. The van der Waals surface area contributed by atoms with Crippen LogP contribution in [0.5, 0.6) is 5.75 Å². The van der Waals surface area contributed by atoms with Crippen molar-refractivity contribution in [3.8, 4) is 11.4 Å². The number of halogens is 1. The van der Waals surface area contributed by atoms with E-state index in [9.17, 15) is 9.18 Å². The minimum absolute atomic E-state index is 0.178. The van der Waals surface area contributed by atoms with Crippen LogP contribution in [0, 0.1) is 5.82 Å². The van der Waals surface area contributed by atoms with Crippen LogP contribution in [0.1, 0.15) is 34.9 Å². The molecule has 138 valence electrons. The van der Waals surface area contributed by atoms with Crippen molar-refractivity contribution in [1.29, 1.82) is 0 Å². The topological polar surface area (TPSA) is 56.1 Å². The number of nitrogens with zero attached hydrogens (tertiary/aromatic N) is 2. The van der Waals surface area contributed by atoms with Gasteiger partial charge in [0.15, 0.2) is 11.6 Å². The van der Waals surface area contributed by atoms with Crippen molar-refractivity contribution in [3.05, 3.63) is 77.9 Å². The van der Waals surface area contributed by atoms with Gasteiger partial charge in [0.25, 0.3) is 5.91 Å². The molecule has 0 aliphatic heterocycles. The van der Waals surface area contributed by atoms with Crippen LogP contribution in [0.4, 0.5) is 4.39 Å². The van der Waals surface area contributed by atoms with Crippen LogP contribution in [-0.4, -0.2) is 28.8 Å². The predicted octanol–water partition coefficient (Wildman–Crippen LogP) is 3.70. The van der Waals surface area contributed by atoms with Gasteiger partial charge in [0.2, 0.25) is 0 Å². The molecule has 1 aliphatic carbocycles. The summed E-state index contributed by atoms with van der Waals surface area (Å²) in [6.45, 7) is 0.452. The minimum Gasteiger partial charge on any atom is -0.489 e. The highest BCUT2D eigenvalue weighted by atomic mass is 19.1. The van der Waals surface area contributed by atoms with Crippen molar-refractivity contribution in [2.75, 3.05) is 13.2 Å². The van der Waals surface area contributed by atoms with E-state index in [0.717, 1.165) is 24.2 Å². The normalized spacial score (nSPS) is 13.4. The molecular weight excluding hydrogens is 345 g/mol. The number of ether oxygens (including phenoxy) is 1. The lowest BCUT2D eigenvalue weighted by molar-refractivity contribution is 0.0939. The Bertz CT molecular complexity index is 936. The summed E-state index contributed by atoms with van der Waals surface area (Å²) >= 11 is 0. The Morgan fingerprint density at radius 1 is 1.15 bits per heavy atom. The van der Waals surface area contributed by atoms with E-state index in [2.05, 4.69) is 10.4 Å². The van der Waals surface area contributed by atoms with Crippen molar-refractivity contribution in [1.82, 2.24) is 15.1 Å². The third kappa shape index (κ3) is 4.00. The Morgan fingerprint density at radius 2 is 1.89 bits per heavy atom. The number of amides is 1. The molecule has 1 fully saturated rings. The Hall–Kier alpha value is -3.15. The molecule has 1 N–H and O–H groups in total. The highest BCUT2D eigenvalue weighted by Crippen LogP contribution is 2.39. The summed E-state index contributed by atoms with van der Waals surface area (Å²) in [6, 6.07) is 17.7. The number of aromatic nitrogens is 2. The molecule has 4 rings (SSSR count). The molecule has 0 saturated heterocycles. The highest BCUT2D eigenvalue weighted by Gasteiger charge is 2.29. The maximum Gasteiger partial charge on any atom is 0.270 e. The minimum atomic E-state index is -0.417. The molecule has 0 bridgehead atoms. The van der Waals surface area contributed by atoms with Crippen LogP contribution in [0.25, 0.3) is 5.69 Å². The fraction of sp³-hybridized carbons (Fsp3) is 0.238. The number of hydrogen-bond donors (Lipinski definition) is 1. The van der Waals surface area contributed by atoms with E-state index in [4.69, 9.17) is 4.74 Å². The zero-order valence-electron chi connectivity index (χ0n) is 14.8. The van der Waals surface area contributed by atoms with Crippen molar-refractivity contribution in [3.63, 3.8) is 0 Å². The molecule has 6 heteroatoms. The average molecular weight is 365 g/mol. The summed E-state index contributed by atoms with van der Waals surface area (Å²) in [6.07, 6.45) is 2.23. The second-order valence-electron chi connectivity index (χ2n) is 6.51. The summed E-state index contributed by atoms with van der Waals surface area (Å²) in [5.74, 6) is -0.0153. The fourth-order valence-corrected chi connectivity index (χ4v) is 2.88. The lowest BCUT2D eigenvalue weighted by Crippen LogP contribution is -2.29. The lowest BCUT2D eigenvalue weighted by atomic mass is 10.2. The van der Waals surface area contributed by atoms with E-state index in [1.165, 1.54) is 6.07 Å². The zero-order valence-corrected chi connectivity index (χ0v) is 14.8. The third-order valence-corrected chi connectivity index (χ3v) is 4.44. The number of para-hydroxylation sites is 2. The molecule has 0 spiro atoms. The Labute approximate surface area is 156 Å². The summed E-state index contributed by atoms with van der Waals surface area (Å²) in [5, 5.41) is 7.45. The maximum absolute atomic E-state index is 13.5. The van der Waals surface area contributed by atoms with Gasteiger partial charge < -0.3 is 10.1 Å². The average Bonchev–Trinajstić information content (AvgIpc) is 3.45. The van der Waals surface area contributed by atoms with Gasteiger partial charge in [0.1, 0.15) is 12.3 Å². The summed E-state index contributed by atoms with van der Waals surface area (Å²) < 4.78 is 20.6. The first-order valence-corrected chi connectivity index (χ1v) is 9.03. The number of nitrogens with one attached hydrogen (secondary N) is 1. The quantitative estimate of drug-likeness (QED) is 0.650. The SMILES string of the molecule is O=C(NCCOc1ccccc1F)c1cc(C2CC2)nn1-c1ccccc1. The summed E-state index contributed by atoms with van der Waals surface area (Å²) in [7, 11) is 0. The molecule has 3 aromatic rings. The standard InChI is InChI=1S/C21H20FN3O2/c22-17-8-4-5-9-20(17)27-13-12-23-21(26)19-14-18(15-10-11-15)24-25(19)16-6-2-1-3-7-16/h1-9,14-15H,10-13H2,(H,23,26). The molecule has 2 aromatic carbocycles. The van der Waals surface area contributed by atoms with E-state index in [1.807, 2.05) is 36.4 Å². The first kappa shape index (κ1) is 17.3. The maximum atomic E-state index is 13.5. The fourth-order valence-electron chi connectivity index (χ4n) is 2.88. The van der Waals surface area contributed by atoms with Gasteiger partial charge in [-0.3, -0.25) is 4.79 Å². The van der Waals surface area contributed by atoms with E-state index < -0.39 is 5.82 Å². The molecule has 1 amide bonds. The predicted molar refractivity (Wildman–Crippen MR) is 99.8 cm³/mol. The van der Waals surface area contributed by atoms with Crippen molar-refractivity contribution in [2.45, 2.75) is 18.8 Å². The second-order valence-corrected chi connectivity index (χ2v) is 6.51. The molecule has 0 atom stereocenters. The number of hydrogen-bond acceptors (Lipinski definition) is 3. The Morgan fingerprint density at radius 3 is 2.63 bits per heavy atom. The first-order chi connectivity index (χ1) is 13.2. The van der Waals surface area contributed by atoms with Gasteiger partial charge in [0.05, 0.1) is 17.9 Å². The largest absolute Gasteiger partial charge is 0.489 e. The third-order valence-electron chi connectivity index (χ3n) is 4.44. The number of rotatable bonds is 7. The van der Waals surface area contributed by atoms with Gasteiger partial charge in [-0.1, -0.05) is 30.3 Å². The lowest BCUT2D eigenvalue weighted by Gasteiger charge is -2.10. The van der Waals surface area contributed by atoms with E-state index in [0.29, 0.717) is 11.6 Å². The molecular formula is C21H20FN3O2. The summed E-state index contributed by atoms with van der Waals surface area (Å²) in [4.78, 5) is 12.7. The monoisotopic (exact) mass is 365 g/mol. The van der Waals surface area contributed by atoms with Gasteiger partial charge in [-0.2, -0.15) is 5.10 Å². The van der Waals surface area contributed by atoms with Crippen LogP contribution in [0.3, 0.4) is 0 Å². The van der Waals surface area contributed by atoms with E-state index in [-0.39, 0.29) is 24.8 Å². The molecule has 1 aliphatic rings. The van der Waals surface area contributed by atoms with Crippen LogP contribution in [-0.2, 0) is 0 Å². The molecule has 1 saturated carbocycles. The van der Waals surface area contributed by atoms with Crippen molar-refractivity contribution < 1.29 is 13.9 Å². The van der Waals surface area contributed by atoms with Crippen LogP contribution in [0.15, 0.2) is 60.7 Å². The molecule has 1 aromatic heterocycles. The molecule has 5 nitrogen and oxygen atoms in total. The molecule has 0 radical (unpaired) electrons. The van der Waals surface area contributed by atoms with Gasteiger partial charge in [0, 0.05) is 5.92 Å². The van der Waals surface area contributed by atoms with Crippen LogP contribution in [0.2, 0.25) is 0 Å². The van der Waals surface area contributed by atoms with Crippen molar-refractivity contribution in [2.24, 2.45) is 0 Å². The Balaban J connectivity index is 1.43. The van der Waals surface area contributed by atoms with Gasteiger partial charge in [-0.25, -0.2) is 9.07 Å². The van der Waals surface area contributed by atoms with Gasteiger partial charge in [-0.15, -0.1) is 0 Å². The zero-order chi connectivity index (χ0) is 18.6. The molecule has 27 heavy (non-hydrogen) atoms. The highest BCUT2D eigenvalue weighted by molar-refractivity contribution is 5.93. The van der Waals surface area contributed by atoms with Crippen LogP contribution < -0.4 is 10.1 Å². The number of carbonyl (C=O) groups is 1. The second kappa shape index (κ2) is 7.61. The number of carbonyl (C=O) groups excluding carboxylic acids is 1. The first-order valence-electron chi connectivity index (χ1n) is 9.03. The van der Waals surface area contributed by atoms with E-state index in [1.54, 1.807) is 22.9 Å². The molecule has 1 heterocycles. The van der Waals surface area contributed by atoms with E-state index >= 15 is 0 Å². The Kier molecular flexibility index (Phi) is 4.87.